The summed E-state index contributed by atoms with van der Waals surface area (Å²) in [5.41, 5.74) is 10.3. The molecule has 1 heterocycles. The fraction of sp³-hybridized carbons (Fsp3) is 0.133. The highest BCUT2D eigenvalue weighted by molar-refractivity contribution is 7.98. The van der Waals surface area contributed by atoms with Gasteiger partial charge in [-0.15, -0.1) is 11.8 Å². The highest BCUT2D eigenvalue weighted by Crippen LogP contribution is 2.33. The lowest BCUT2D eigenvalue weighted by Crippen LogP contribution is -2.03. The molecule has 3 rings (SSSR count). The van der Waals surface area contributed by atoms with E-state index in [-0.39, 0.29) is 5.91 Å². The minimum Gasteiger partial charge on any atom is -0.397 e. The molecule has 4 nitrogen and oxygen atoms in total. The third-order valence-corrected chi connectivity index (χ3v) is 3.97. The summed E-state index contributed by atoms with van der Waals surface area (Å²) in [5.74, 6) is 0.0148. The van der Waals surface area contributed by atoms with Gasteiger partial charge >= 0.3 is 0 Å². The van der Waals surface area contributed by atoms with Gasteiger partial charge in [-0.25, -0.2) is 0 Å². The number of thioether (sulfide) groups is 1. The topological polar surface area (TPSA) is 67.1 Å². The molecule has 0 unspecified atom stereocenters. The number of fused-ring (bicyclic) bond motifs is 1. The molecule has 4 N–H and O–H groups in total. The van der Waals surface area contributed by atoms with Gasteiger partial charge in [-0.2, -0.15) is 0 Å². The Morgan fingerprint density at radius 2 is 2.15 bits per heavy atom. The van der Waals surface area contributed by atoms with Crippen LogP contribution in [-0.2, 0) is 11.2 Å². The summed E-state index contributed by atoms with van der Waals surface area (Å²) in [5, 5.41) is 6.14. The highest BCUT2D eigenvalue weighted by atomic mass is 32.2. The van der Waals surface area contributed by atoms with Crippen LogP contribution in [0.2, 0.25) is 0 Å². The molecule has 1 amide bonds. The summed E-state index contributed by atoms with van der Waals surface area (Å²) in [7, 11) is 0. The number of amides is 1. The van der Waals surface area contributed by atoms with Gasteiger partial charge in [-0.1, -0.05) is 6.07 Å². The molecule has 0 aromatic heterocycles. The Labute approximate surface area is 121 Å². The molecule has 20 heavy (non-hydrogen) atoms. The largest absolute Gasteiger partial charge is 0.397 e. The van der Waals surface area contributed by atoms with Gasteiger partial charge in [0.1, 0.15) is 0 Å². The van der Waals surface area contributed by atoms with Gasteiger partial charge in [0.2, 0.25) is 5.91 Å². The molecule has 102 valence electrons. The Bertz CT molecular complexity index is 685. The maximum atomic E-state index is 11.4. The quantitative estimate of drug-likeness (QED) is 0.598. The van der Waals surface area contributed by atoms with Gasteiger partial charge in [0.25, 0.3) is 0 Å². The lowest BCUT2D eigenvalue weighted by Gasteiger charge is -2.12. The summed E-state index contributed by atoms with van der Waals surface area (Å²) in [6.45, 7) is 0. The van der Waals surface area contributed by atoms with Crippen LogP contribution >= 0.6 is 11.8 Å². The molecule has 0 aliphatic carbocycles. The average Bonchev–Trinajstić information content (AvgIpc) is 2.78. The lowest BCUT2D eigenvalue weighted by molar-refractivity contribution is -0.115. The first kappa shape index (κ1) is 12.9. The summed E-state index contributed by atoms with van der Waals surface area (Å²) in [6, 6.07) is 11.9. The fourth-order valence-corrected chi connectivity index (χ4v) is 2.72. The molecule has 2 aromatic carbocycles. The molecule has 0 saturated heterocycles. The van der Waals surface area contributed by atoms with E-state index in [2.05, 4.69) is 22.8 Å². The Balaban J connectivity index is 1.91. The van der Waals surface area contributed by atoms with Crippen molar-refractivity contribution in [1.82, 2.24) is 0 Å². The highest BCUT2D eigenvalue weighted by Gasteiger charge is 2.19. The first-order valence-electron chi connectivity index (χ1n) is 6.29. The van der Waals surface area contributed by atoms with Crippen LogP contribution in [0.4, 0.5) is 22.7 Å². The molecule has 5 heteroatoms. The number of benzene rings is 2. The predicted octanol–water partition coefficient (Wildman–Crippen LogP) is 3.23. The van der Waals surface area contributed by atoms with Crippen LogP contribution in [-0.4, -0.2) is 12.2 Å². The normalized spacial score (nSPS) is 12.9. The zero-order valence-electron chi connectivity index (χ0n) is 11.1. The van der Waals surface area contributed by atoms with Crippen LogP contribution in [0.5, 0.6) is 0 Å². The number of rotatable bonds is 3. The second-order valence-electron chi connectivity index (χ2n) is 4.68. The Kier molecular flexibility index (Phi) is 3.28. The third kappa shape index (κ3) is 2.44. The molecule has 0 spiro atoms. The Hall–Kier alpha value is -2.14. The molecule has 0 fully saturated rings. The van der Waals surface area contributed by atoms with E-state index in [1.54, 1.807) is 11.8 Å². The van der Waals surface area contributed by atoms with E-state index in [9.17, 15) is 4.79 Å². The van der Waals surface area contributed by atoms with Crippen LogP contribution in [0.15, 0.2) is 41.3 Å². The fourth-order valence-electron chi connectivity index (χ4n) is 2.26. The molecule has 1 aliphatic heterocycles. The van der Waals surface area contributed by atoms with Gasteiger partial charge in [0.15, 0.2) is 0 Å². The van der Waals surface area contributed by atoms with Crippen LogP contribution in [0.25, 0.3) is 0 Å². The lowest BCUT2D eigenvalue weighted by atomic mass is 10.1. The summed E-state index contributed by atoms with van der Waals surface area (Å²) in [6.07, 6.45) is 2.44. The van der Waals surface area contributed by atoms with E-state index in [1.807, 2.05) is 30.5 Å². The van der Waals surface area contributed by atoms with Crippen molar-refractivity contribution in [3.05, 3.63) is 42.0 Å². The van der Waals surface area contributed by atoms with Crippen molar-refractivity contribution in [3.63, 3.8) is 0 Å². The van der Waals surface area contributed by atoms with Gasteiger partial charge in [-0.05, 0) is 42.2 Å². The predicted molar refractivity (Wildman–Crippen MR) is 84.7 cm³/mol. The van der Waals surface area contributed by atoms with Gasteiger partial charge in [-0.3, -0.25) is 4.79 Å². The Morgan fingerprint density at radius 1 is 1.30 bits per heavy atom. The van der Waals surface area contributed by atoms with Crippen molar-refractivity contribution in [1.29, 1.82) is 0 Å². The second kappa shape index (κ2) is 5.09. The van der Waals surface area contributed by atoms with E-state index in [1.165, 1.54) is 4.90 Å². The number of nitrogens with two attached hydrogens (primary N) is 1. The van der Waals surface area contributed by atoms with Gasteiger partial charge in [0, 0.05) is 16.3 Å². The van der Waals surface area contributed by atoms with Gasteiger partial charge in [0.05, 0.1) is 17.8 Å². The van der Waals surface area contributed by atoms with Crippen molar-refractivity contribution in [2.24, 2.45) is 0 Å². The number of hydrogen-bond donors (Lipinski definition) is 3. The number of hydrogen-bond acceptors (Lipinski definition) is 4. The van der Waals surface area contributed by atoms with Crippen molar-refractivity contribution in [3.8, 4) is 0 Å². The summed E-state index contributed by atoms with van der Waals surface area (Å²) < 4.78 is 0. The zero-order chi connectivity index (χ0) is 14.1. The maximum absolute atomic E-state index is 11.4. The maximum Gasteiger partial charge on any atom is 0.228 e. The van der Waals surface area contributed by atoms with Crippen LogP contribution in [0, 0.1) is 0 Å². The number of nitrogen functional groups attached to an aromatic ring is 1. The van der Waals surface area contributed by atoms with E-state index >= 15 is 0 Å². The average molecular weight is 285 g/mol. The summed E-state index contributed by atoms with van der Waals surface area (Å²) in [4.78, 5) is 12.6. The standard InChI is InChI=1S/C15H15N3OS/c1-20-11-4-2-3-10(7-11)17-14-8-13-9(5-12(14)16)6-15(19)18-13/h2-5,7-8,17H,6,16H2,1H3,(H,18,19). The third-order valence-electron chi connectivity index (χ3n) is 3.25. The molecule has 0 radical (unpaired) electrons. The van der Waals surface area contributed by atoms with E-state index in [0.717, 1.165) is 22.6 Å². The number of nitrogens with one attached hydrogen (secondary N) is 2. The minimum atomic E-state index is 0.0148. The van der Waals surface area contributed by atoms with Crippen molar-refractivity contribution in [2.75, 3.05) is 22.6 Å². The molecule has 0 atom stereocenters. The summed E-state index contributed by atoms with van der Waals surface area (Å²) >= 11 is 1.69. The minimum absolute atomic E-state index is 0.0148. The van der Waals surface area contributed by atoms with E-state index < -0.39 is 0 Å². The van der Waals surface area contributed by atoms with Crippen LogP contribution < -0.4 is 16.4 Å². The molecular weight excluding hydrogens is 270 g/mol. The van der Waals surface area contributed by atoms with Crippen LogP contribution in [0.3, 0.4) is 0 Å². The van der Waals surface area contributed by atoms with Crippen molar-refractivity contribution >= 4 is 40.4 Å². The van der Waals surface area contributed by atoms with E-state index in [0.29, 0.717) is 12.1 Å². The molecule has 0 saturated carbocycles. The SMILES string of the molecule is CSc1cccc(Nc2cc3c(cc2N)CC(=O)N3)c1. The van der Waals surface area contributed by atoms with Crippen molar-refractivity contribution in [2.45, 2.75) is 11.3 Å². The Morgan fingerprint density at radius 3 is 2.95 bits per heavy atom. The number of carbonyl (C=O) groups is 1. The monoisotopic (exact) mass is 285 g/mol. The first-order valence-corrected chi connectivity index (χ1v) is 7.51. The van der Waals surface area contributed by atoms with Gasteiger partial charge < -0.3 is 16.4 Å². The zero-order valence-corrected chi connectivity index (χ0v) is 11.9. The van der Waals surface area contributed by atoms with Crippen LogP contribution in [0.1, 0.15) is 5.56 Å². The number of anilines is 4. The van der Waals surface area contributed by atoms with E-state index in [4.69, 9.17) is 5.73 Å². The first-order chi connectivity index (χ1) is 9.65. The molecule has 2 aromatic rings. The second-order valence-corrected chi connectivity index (χ2v) is 5.56. The molecule has 0 bridgehead atoms. The van der Waals surface area contributed by atoms with Crippen molar-refractivity contribution < 1.29 is 4.79 Å². The smallest absolute Gasteiger partial charge is 0.228 e. The number of carbonyl (C=O) groups excluding carboxylic acids is 1. The molecule has 1 aliphatic rings. The molecular formula is C15H15N3OS.